The van der Waals surface area contributed by atoms with Gasteiger partial charge < -0.3 is 19.7 Å². The Bertz CT molecular complexity index is 1270. The van der Waals surface area contributed by atoms with Crippen molar-refractivity contribution in [3.05, 3.63) is 65.5 Å². The van der Waals surface area contributed by atoms with Crippen LogP contribution in [0.3, 0.4) is 0 Å². The van der Waals surface area contributed by atoms with Crippen LogP contribution >= 0.6 is 0 Å². The summed E-state index contributed by atoms with van der Waals surface area (Å²) in [7, 11) is 1.29. The number of pyridine rings is 1. The molecule has 1 aromatic carbocycles. The number of fused-ring (bicyclic) bond motifs is 1. The van der Waals surface area contributed by atoms with Gasteiger partial charge in [-0.1, -0.05) is 0 Å². The number of benzene rings is 1. The molecule has 5 rings (SSSR count). The fourth-order valence-electron chi connectivity index (χ4n) is 5.07. The van der Waals surface area contributed by atoms with Crippen molar-refractivity contribution >= 4 is 23.1 Å². The maximum Gasteiger partial charge on any atom is 0.331 e. The second-order valence-electron chi connectivity index (χ2n) is 8.93. The highest BCUT2D eigenvalue weighted by Crippen LogP contribution is 2.38. The van der Waals surface area contributed by atoms with E-state index in [1.165, 1.54) is 19.4 Å². The van der Waals surface area contributed by atoms with Crippen LogP contribution in [0.25, 0.3) is 5.52 Å². The summed E-state index contributed by atoms with van der Waals surface area (Å²) in [5, 5.41) is 7.14. The number of carbonyl (C=O) groups is 2. The van der Waals surface area contributed by atoms with E-state index in [9.17, 15) is 18.4 Å². The average Bonchev–Trinajstić information content (AvgIpc) is 3.52. The molecule has 1 atom stereocenters. The van der Waals surface area contributed by atoms with Gasteiger partial charge in [-0.2, -0.15) is 5.10 Å². The van der Waals surface area contributed by atoms with Crippen LogP contribution < -0.4 is 10.2 Å². The molecule has 8 nitrogen and oxygen atoms in total. The summed E-state index contributed by atoms with van der Waals surface area (Å²) in [4.78, 5) is 27.8. The van der Waals surface area contributed by atoms with Crippen molar-refractivity contribution in [3.8, 4) is 0 Å². The number of halogens is 2. The highest BCUT2D eigenvalue weighted by molar-refractivity contribution is 6.03. The number of hydrogen-bond acceptors (Lipinski definition) is 6. The Morgan fingerprint density at radius 1 is 1.20 bits per heavy atom. The lowest BCUT2D eigenvalue weighted by atomic mass is 9.89. The summed E-state index contributed by atoms with van der Waals surface area (Å²) in [6.07, 6.45) is 5.30. The first-order chi connectivity index (χ1) is 16.9. The Kier molecular flexibility index (Phi) is 6.14. The number of ether oxygens (including phenoxy) is 2. The van der Waals surface area contributed by atoms with E-state index in [-0.39, 0.29) is 6.04 Å². The van der Waals surface area contributed by atoms with E-state index < -0.39 is 29.0 Å². The quantitative estimate of drug-likeness (QED) is 0.559. The van der Waals surface area contributed by atoms with Gasteiger partial charge >= 0.3 is 5.97 Å². The highest BCUT2D eigenvalue weighted by atomic mass is 19.1. The third-order valence-electron chi connectivity index (χ3n) is 6.93. The van der Waals surface area contributed by atoms with Crippen molar-refractivity contribution in [3.63, 3.8) is 0 Å². The number of nitrogens with zero attached hydrogens (tertiary/aromatic N) is 3. The van der Waals surface area contributed by atoms with E-state index in [1.807, 2.05) is 17.0 Å². The lowest BCUT2D eigenvalue weighted by molar-refractivity contribution is -0.152. The first-order valence-corrected chi connectivity index (χ1v) is 11.6. The van der Waals surface area contributed by atoms with E-state index in [0.717, 1.165) is 24.2 Å². The third kappa shape index (κ3) is 4.22. The highest BCUT2D eigenvalue weighted by Gasteiger charge is 2.43. The van der Waals surface area contributed by atoms with Crippen molar-refractivity contribution in [1.82, 2.24) is 14.9 Å². The van der Waals surface area contributed by atoms with Crippen molar-refractivity contribution in [1.29, 1.82) is 0 Å². The molecule has 0 aliphatic carbocycles. The fraction of sp³-hybridized carbons (Fsp3) is 0.400. The van der Waals surface area contributed by atoms with Crippen LogP contribution in [0.1, 0.15) is 47.6 Å². The minimum Gasteiger partial charge on any atom is -0.467 e. The Hall–Kier alpha value is -3.53. The summed E-state index contributed by atoms with van der Waals surface area (Å²) in [5.41, 5.74) is 0.761. The number of amides is 1. The maximum atomic E-state index is 14.5. The lowest BCUT2D eigenvalue weighted by Crippen LogP contribution is -2.58. The molecule has 1 N–H and O–H groups in total. The zero-order valence-corrected chi connectivity index (χ0v) is 19.3. The van der Waals surface area contributed by atoms with E-state index in [1.54, 1.807) is 10.7 Å². The van der Waals surface area contributed by atoms with Gasteiger partial charge in [0.25, 0.3) is 5.91 Å². The predicted molar refractivity (Wildman–Crippen MR) is 123 cm³/mol. The number of rotatable bonds is 5. The normalized spacial score (nSPS) is 19.6. The van der Waals surface area contributed by atoms with Gasteiger partial charge in [0.05, 0.1) is 30.4 Å². The number of nitrogens with one attached hydrogen (secondary N) is 1. The van der Waals surface area contributed by atoms with Crippen LogP contribution in [0.4, 0.5) is 14.5 Å². The Balaban J connectivity index is 1.46. The van der Waals surface area contributed by atoms with Gasteiger partial charge in [-0.15, -0.1) is 0 Å². The number of carbonyl (C=O) groups excluding carboxylic acids is 2. The molecule has 0 bridgehead atoms. The van der Waals surface area contributed by atoms with Crippen LogP contribution in [0.15, 0.2) is 42.7 Å². The van der Waals surface area contributed by atoms with Gasteiger partial charge in [0.15, 0.2) is 0 Å². The average molecular weight is 485 g/mol. The van der Waals surface area contributed by atoms with Crippen LogP contribution in [-0.2, 0) is 14.3 Å². The third-order valence-corrected chi connectivity index (χ3v) is 6.93. The minimum absolute atomic E-state index is 0.300. The van der Waals surface area contributed by atoms with E-state index >= 15 is 0 Å². The van der Waals surface area contributed by atoms with Gasteiger partial charge in [0.2, 0.25) is 0 Å². The summed E-state index contributed by atoms with van der Waals surface area (Å²) in [6.45, 7) is 1.33. The summed E-state index contributed by atoms with van der Waals surface area (Å²) in [6, 6.07) is 6.84. The largest absolute Gasteiger partial charge is 0.467 e. The van der Waals surface area contributed by atoms with Crippen molar-refractivity contribution in [2.75, 3.05) is 31.8 Å². The van der Waals surface area contributed by atoms with E-state index in [4.69, 9.17) is 9.47 Å². The minimum atomic E-state index is -1.16. The van der Waals surface area contributed by atoms with Gasteiger partial charge in [-0.05, 0) is 43.2 Å². The monoisotopic (exact) mass is 484 g/mol. The first-order valence-electron chi connectivity index (χ1n) is 11.6. The van der Waals surface area contributed by atoms with E-state index in [0.29, 0.717) is 55.7 Å². The molecule has 3 aromatic rings. The van der Waals surface area contributed by atoms with Gasteiger partial charge in [0, 0.05) is 50.0 Å². The molecule has 0 unspecified atom stereocenters. The standard InChI is InChI=1S/C25H26F2N4O4/c1-34-24(33)25(7-11-35-12-8-25)29-23(32)19-15-28-31-10-6-17(14-22(19)31)30-9-2-3-21(30)18-13-16(26)4-5-20(18)27/h4-6,10,13-15,21H,2-3,7-9,11-12H2,1H3,(H,29,32)/t21-/m1/s1. The van der Waals surface area contributed by atoms with E-state index in [2.05, 4.69) is 10.4 Å². The molecule has 0 radical (unpaired) electrons. The second-order valence-corrected chi connectivity index (χ2v) is 8.93. The molecule has 0 saturated carbocycles. The number of methoxy groups -OCH3 is 1. The molecule has 4 heterocycles. The summed E-state index contributed by atoms with van der Waals surface area (Å²) < 4.78 is 40.3. The molecular weight excluding hydrogens is 458 g/mol. The maximum absolute atomic E-state index is 14.5. The zero-order valence-electron chi connectivity index (χ0n) is 19.3. The molecule has 10 heteroatoms. The lowest BCUT2D eigenvalue weighted by Gasteiger charge is -2.35. The number of esters is 1. The van der Waals surface area contributed by atoms with Crippen LogP contribution in [0.2, 0.25) is 0 Å². The second kappa shape index (κ2) is 9.26. The molecule has 1 amide bonds. The molecule has 2 fully saturated rings. The molecule has 2 saturated heterocycles. The fourth-order valence-corrected chi connectivity index (χ4v) is 5.07. The molecule has 0 spiro atoms. The van der Waals surface area contributed by atoms with Gasteiger partial charge in [0.1, 0.15) is 17.2 Å². The molecule has 2 aromatic heterocycles. The Morgan fingerprint density at radius 3 is 2.77 bits per heavy atom. The van der Waals surface area contributed by atoms with Crippen molar-refractivity contribution in [2.45, 2.75) is 37.3 Å². The molecular formula is C25H26F2N4O4. The van der Waals surface area contributed by atoms with Crippen LogP contribution in [0, 0.1) is 11.6 Å². The first kappa shape index (κ1) is 23.2. The molecule has 2 aliphatic heterocycles. The molecule has 35 heavy (non-hydrogen) atoms. The molecule has 2 aliphatic rings. The number of anilines is 1. The summed E-state index contributed by atoms with van der Waals surface area (Å²) in [5.74, 6) is -1.88. The SMILES string of the molecule is COC(=O)C1(NC(=O)c2cnn3ccc(N4CCC[C@@H]4c4cc(F)ccc4F)cc23)CCOCC1. The number of aromatic nitrogens is 2. The van der Waals surface area contributed by atoms with Gasteiger partial charge in [-0.25, -0.2) is 18.1 Å². The topological polar surface area (TPSA) is 85.2 Å². The zero-order chi connectivity index (χ0) is 24.6. The van der Waals surface area contributed by atoms with Crippen LogP contribution in [0.5, 0.6) is 0 Å². The summed E-state index contributed by atoms with van der Waals surface area (Å²) >= 11 is 0. The Morgan fingerprint density at radius 2 is 2.00 bits per heavy atom. The van der Waals surface area contributed by atoms with Gasteiger partial charge in [-0.3, -0.25) is 4.79 Å². The van der Waals surface area contributed by atoms with Crippen molar-refractivity contribution in [2.24, 2.45) is 0 Å². The molecule has 184 valence electrons. The predicted octanol–water partition coefficient (Wildman–Crippen LogP) is 3.41. The smallest absolute Gasteiger partial charge is 0.331 e. The Labute approximate surface area is 200 Å². The van der Waals surface area contributed by atoms with Crippen molar-refractivity contribution < 1.29 is 27.8 Å². The van der Waals surface area contributed by atoms with Crippen LogP contribution in [-0.4, -0.2) is 53.9 Å². The number of hydrogen-bond donors (Lipinski definition) is 1.